The summed E-state index contributed by atoms with van der Waals surface area (Å²) in [4.78, 5) is 22.2. The molecule has 0 saturated heterocycles. The van der Waals surface area contributed by atoms with Gasteiger partial charge in [-0.15, -0.1) is 0 Å². The summed E-state index contributed by atoms with van der Waals surface area (Å²) < 4.78 is 9.21. The van der Waals surface area contributed by atoms with Crippen molar-refractivity contribution in [2.75, 3.05) is 25.3 Å². The third kappa shape index (κ3) is 11.0. The van der Waals surface area contributed by atoms with E-state index in [4.69, 9.17) is 5.73 Å². The Labute approximate surface area is 226 Å². The van der Waals surface area contributed by atoms with Crippen LogP contribution in [0.2, 0.25) is 0 Å². The molecule has 0 spiro atoms. The highest BCUT2D eigenvalue weighted by Crippen LogP contribution is 2.10. The molecule has 37 heavy (non-hydrogen) atoms. The van der Waals surface area contributed by atoms with Gasteiger partial charge in [0.05, 0.1) is 25.3 Å². The highest BCUT2D eigenvalue weighted by atomic mass is 79.9. The molecule has 0 aliphatic rings. The molecule has 4 rings (SSSR count). The molecule has 0 aliphatic heterocycles. The summed E-state index contributed by atoms with van der Waals surface area (Å²) >= 11 is 3.32. The lowest BCUT2D eigenvalue weighted by atomic mass is 10.1. The molecule has 0 radical (unpaired) electrons. The van der Waals surface area contributed by atoms with E-state index < -0.39 is 0 Å². The number of nitrogens with two attached hydrogens (primary N) is 1. The van der Waals surface area contributed by atoms with Crippen LogP contribution >= 0.6 is 15.9 Å². The second-order valence-corrected chi connectivity index (χ2v) is 8.20. The number of carbonyl (C=O) groups is 2. The molecular weight excluding hydrogens is 532 g/mol. The summed E-state index contributed by atoms with van der Waals surface area (Å²) in [6.07, 6.45) is 0. The maximum Gasteiger partial charge on any atom is 0.337 e. The molecule has 0 aliphatic carbocycles. The van der Waals surface area contributed by atoms with Gasteiger partial charge in [-0.05, 0) is 59.7 Å². The van der Waals surface area contributed by atoms with Crippen molar-refractivity contribution in [1.29, 1.82) is 0 Å². The van der Waals surface area contributed by atoms with Crippen molar-refractivity contribution in [2.45, 2.75) is 11.9 Å². The van der Waals surface area contributed by atoms with E-state index in [1.54, 1.807) is 24.3 Å². The minimum Gasteiger partial charge on any atom is -0.465 e. The van der Waals surface area contributed by atoms with Crippen molar-refractivity contribution in [3.8, 4) is 0 Å². The van der Waals surface area contributed by atoms with Crippen molar-refractivity contribution in [3.63, 3.8) is 0 Å². The molecule has 4 aromatic carbocycles. The quantitative estimate of drug-likeness (QED) is 0.154. The standard InChI is InChI=1S/C15H15NO2.C9H9BrO2.C6H7N/c1-18-15(17)13-9-7-12(8-10-13)11-16-14-5-3-2-4-6-14;1-12-9(11)8-4-2-7(6-10)3-5-8;7-6-4-2-1-3-5-6/h2-10,16H,11H2,1H3;2-5H,6H2,1H3;1-5H,7H2. The minimum absolute atomic E-state index is 0.295. The van der Waals surface area contributed by atoms with Gasteiger partial charge in [-0.2, -0.15) is 0 Å². The van der Waals surface area contributed by atoms with Gasteiger partial charge in [0.1, 0.15) is 0 Å². The zero-order valence-electron chi connectivity index (χ0n) is 20.9. The van der Waals surface area contributed by atoms with Gasteiger partial charge in [-0.25, -0.2) is 9.59 Å². The Balaban J connectivity index is 0.000000217. The monoisotopic (exact) mass is 562 g/mol. The number of nitrogens with one attached hydrogen (secondary N) is 1. The fourth-order valence-electron chi connectivity index (χ4n) is 2.94. The van der Waals surface area contributed by atoms with Gasteiger partial charge in [0.2, 0.25) is 0 Å². The van der Waals surface area contributed by atoms with Crippen molar-refractivity contribution in [2.24, 2.45) is 0 Å². The molecule has 0 amide bonds. The van der Waals surface area contributed by atoms with Gasteiger partial charge in [-0.1, -0.05) is 76.6 Å². The van der Waals surface area contributed by atoms with E-state index in [1.165, 1.54) is 14.2 Å². The summed E-state index contributed by atoms with van der Waals surface area (Å²) in [6.45, 7) is 0.728. The largest absolute Gasteiger partial charge is 0.465 e. The smallest absolute Gasteiger partial charge is 0.337 e. The van der Waals surface area contributed by atoms with Gasteiger partial charge in [-0.3, -0.25) is 0 Å². The Morgan fingerprint density at radius 2 is 1.11 bits per heavy atom. The first kappa shape index (κ1) is 29.1. The predicted molar refractivity (Wildman–Crippen MR) is 153 cm³/mol. The summed E-state index contributed by atoms with van der Waals surface area (Å²) in [5.41, 5.74) is 10.7. The molecule has 0 unspecified atom stereocenters. The van der Waals surface area contributed by atoms with Crippen LogP contribution < -0.4 is 11.1 Å². The number of anilines is 2. The van der Waals surface area contributed by atoms with E-state index in [0.29, 0.717) is 11.1 Å². The molecule has 3 N–H and O–H groups in total. The first-order valence-electron chi connectivity index (χ1n) is 11.5. The zero-order chi connectivity index (χ0) is 26.9. The normalized spacial score (nSPS) is 9.49. The number of alkyl halides is 1. The number of halogens is 1. The van der Waals surface area contributed by atoms with E-state index in [-0.39, 0.29) is 11.9 Å². The maximum atomic E-state index is 11.3. The van der Waals surface area contributed by atoms with E-state index in [0.717, 1.165) is 34.4 Å². The van der Waals surface area contributed by atoms with Crippen LogP contribution in [0.1, 0.15) is 31.8 Å². The molecule has 6 nitrogen and oxygen atoms in total. The Morgan fingerprint density at radius 1 is 0.676 bits per heavy atom. The van der Waals surface area contributed by atoms with Gasteiger partial charge in [0.15, 0.2) is 0 Å². The number of esters is 2. The molecule has 4 aromatic rings. The average Bonchev–Trinajstić information content (AvgIpc) is 2.97. The third-order valence-electron chi connectivity index (χ3n) is 4.97. The number of carbonyl (C=O) groups excluding carboxylic acids is 2. The lowest BCUT2D eigenvalue weighted by Crippen LogP contribution is -2.02. The SMILES string of the molecule is COC(=O)c1ccc(CBr)cc1.COC(=O)c1ccc(CNc2ccccc2)cc1.Nc1ccccc1. The highest BCUT2D eigenvalue weighted by Gasteiger charge is 2.04. The highest BCUT2D eigenvalue weighted by molar-refractivity contribution is 9.08. The van der Waals surface area contributed by atoms with Crippen LogP contribution in [0.25, 0.3) is 0 Å². The van der Waals surface area contributed by atoms with Gasteiger partial charge < -0.3 is 20.5 Å². The van der Waals surface area contributed by atoms with E-state index >= 15 is 0 Å². The number of hydrogen-bond donors (Lipinski definition) is 2. The number of para-hydroxylation sites is 2. The van der Waals surface area contributed by atoms with E-state index in [9.17, 15) is 9.59 Å². The molecule has 192 valence electrons. The molecule has 0 aromatic heterocycles. The predicted octanol–water partition coefficient (Wildman–Crippen LogP) is 6.72. The van der Waals surface area contributed by atoms with Crippen LogP contribution in [-0.4, -0.2) is 26.2 Å². The molecule has 0 bridgehead atoms. The molecule has 0 saturated carbocycles. The number of benzene rings is 4. The topological polar surface area (TPSA) is 90.6 Å². The van der Waals surface area contributed by atoms with Crippen molar-refractivity contribution < 1.29 is 19.1 Å². The molecular formula is C30H31BrN2O4. The van der Waals surface area contributed by atoms with Gasteiger partial charge >= 0.3 is 11.9 Å². The molecule has 0 fully saturated rings. The van der Waals surface area contributed by atoms with Crippen LogP contribution in [0, 0.1) is 0 Å². The van der Waals surface area contributed by atoms with E-state index in [1.807, 2.05) is 84.9 Å². The van der Waals surface area contributed by atoms with E-state index in [2.05, 4.69) is 30.7 Å². The first-order chi connectivity index (χ1) is 18.0. The van der Waals surface area contributed by atoms with Crippen molar-refractivity contribution in [3.05, 3.63) is 131 Å². The summed E-state index contributed by atoms with van der Waals surface area (Å²) in [5.74, 6) is -0.603. The average molecular weight is 563 g/mol. The lowest BCUT2D eigenvalue weighted by molar-refractivity contribution is 0.0592. The number of nitrogen functional groups attached to an aromatic ring is 1. The number of hydrogen-bond acceptors (Lipinski definition) is 6. The van der Waals surface area contributed by atoms with Gasteiger partial charge in [0, 0.05) is 23.2 Å². The first-order valence-corrected chi connectivity index (χ1v) is 12.6. The molecule has 0 atom stereocenters. The summed E-state index contributed by atoms with van der Waals surface area (Å²) in [5, 5.41) is 4.11. The second kappa shape index (κ2) is 16.5. The van der Waals surface area contributed by atoms with Crippen molar-refractivity contribution in [1.82, 2.24) is 0 Å². The Kier molecular flexibility index (Phi) is 13.0. The fraction of sp³-hybridized carbons (Fsp3) is 0.133. The minimum atomic E-state index is -0.308. The van der Waals surface area contributed by atoms with Crippen LogP contribution in [0.3, 0.4) is 0 Å². The van der Waals surface area contributed by atoms with Crippen LogP contribution in [0.15, 0.2) is 109 Å². The molecule has 0 heterocycles. The number of rotatable bonds is 6. The van der Waals surface area contributed by atoms with Crippen molar-refractivity contribution >= 4 is 39.2 Å². The second-order valence-electron chi connectivity index (χ2n) is 7.64. The number of ether oxygens (including phenoxy) is 2. The number of methoxy groups -OCH3 is 2. The fourth-order valence-corrected chi connectivity index (χ4v) is 3.31. The third-order valence-corrected chi connectivity index (χ3v) is 5.62. The summed E-state index contributed by atoms with van der Waals surface area (Å²) in [7, 11) is 2.76. The van der Waals surface area contributed by atoms with Crippen LogP contribution in [-0.2, 0) is 21.3 Å². The Morgan fingerprint density at radius 3 is 1.49 bits per heavy atom. The van der Waals surface area contributed by atoms with Crippen LogP contribution in [0.4, 0.5) is 11.4 Å². The lowest BCUT2D eigenvalue weighted by Gasteiger charge is -2.06. The Hall–Kier alpha value is -4.10. The van der Waals surface area contributed by atoms with Crippen LogP contribution in [0.5, 0.6) is 0 Å². The zero-order valence-corrected chi connectivity index (χ0v) is 22.5. The Bertz CT molecular complexity index is 1200. The summed E-state index contributed by atoms with van der Waals surface area (Å²) in [6, 6.07) is 34.1. The van der Waals surface area contributed by atoms with Gasteiger partial charge in [0.25, 0.3) is 0 Å². The molecule has 7 heteroatoms. The maximum absolute atomic E-state index is 11.3.